The number of carbonyl (C=O) groups is 1. The molecule has 0 aliphatic carbocycles. The zero-order valence-electron chi connectivity index (χ0n) is 17.1. The smallest absolute Gasteiger partial charge is 0.388 e. The Morgan fingerprint density at radius 2 is 2.17 bits per heavy atom. The van der Waals surface area contributed by atoms with Gasteiger partial charge in [0, 0.05) is 12.0 Å². The van der Waals surface area contributed by atoms with Crippen molar-refractivity contribution in [3.8, 4) is 0 Å². The minimum Gasteiger partial charge on any atom is -0.388 e. The van der Waals surface area contributed by atoms with Gasteiger partial charge in [-0.05, 0) is 20.8 Å². The highest BCUT2D eigenvalue weighted by atomic mass is 31.2. The van der Waals surface area contributed by atoms with Crippen LogP contribution in [0.2, 0.25) is 0 Å². The number of anilines is 1. The molecule has 2 aromatic rings. The molecule has 1 unspecified atom stereocenters. The van der Waals surface area contributed by atoms with E-state index in [2.05, 4.69) is 30.1 Å². The van der Waals surface area contributed by atoms with Gasteiger partial charge in [-0.25, -0.2) is 24.6 Å². The maximum atomic E-state index is 12.2. The molecule has 2 aromatic heterocycles. The Bertz CT molecular complexity index is 906. The van der Waals surface area contributed by atoms with Crippen molar-refractivity contribution in [2.24, 2.45) is 0 Å². The lowest BCUT2D eigenvalue weighted by Crippen LogP contribution is -2.43. The summed E-state index contributed by atoms with van der Waals surface area (Å²) in [6, 6.07) is -0.429. The molecule has 12 nitrogen and oxygen atoms in total. The molecule has 0 bridgehead atoms. The monoisotopic (exact) mass is 439 g/mol. The normalized spacial score (nSPS) is 24.0. The molecule has 0 spiro atoms. The summed E-state index contributed by atoms with van der Waals surface area (Å²) in [7, 11) is 3.30. The number of ether oxygens (including phenoxy) is 1. The summed E-state index contributed by atoms with van der Waals surface area (Å²) < 4.78 is 17.2. The van der Waals surface area contributed by atoms with Crippen LogP contribution in [0.4, 0.5) is 10.6 Å². The van der Waals surface area contributed by atoms with E-state index in [1.54, 1.807) is 4.57 Å². The molecule has 162 valence electrons. The maximum Gasteiger partial charge on any atom is 0.488 e. The zero-order chi connectivity index (χ0) is 22.1. The van der Waals surface area contributed by atoms with Crippen LogP contribution in [-0.4, -0.2) is 74.6 Å². The lowest BCUT2D eigenvalue weighted by atomic mass is 10.1. The molecule has 4 N–H and O–H groups in total. The average Bonchev–Trinajstić information content (AvgIpc) is 3.22. The standard InChI is InChI=1S/C16H25BN6O6P/c1-16(2,3)22-15(25)21-12-11-13(19-7-18-12)23(8-20-11)14-10(24)5-9(29-14)6-28-30(17,26)27-4/h7-10,14,24,26H,5-6H2,1-4H3,(H2,18,19,21,22,25)/q+1/t9-,10-,14+,30?/m0/s1. The van der Waals surface area contributed by atoms with Gasteiger partial charge in [0.15, 0.2) is 23.2 Å². The van der Waals surface area contributed by atoms with Gasteiger partial charge < -0.3 is 15.2 Å². The van der Waals surface area contributed by atoms with Crippen molar-refractivity contribution < 1.29 is 28.6 Å². The zero-order valence-corrected chi connectivity index (χ0v) is 18.0. The first-order chi connectivity index (χ1) is 14.0. The van der Waals surface area contributed by atoms with Crippen molar-refractivity contribution in [1.29, 1.82) is 0 Å². The van der Waals surface area contributed by atoms with Gasteiger partial charge in [-0.3, -0.25) is 9.88 Å². The lowest BCUT2D eigenvalue weighted by molar-refractivity contribution is -0.0472. The first kappa shape index (κ1) is 22.8. The number of urea groups is 1. The van der Waals surface area contributed by atoms with Crippen molar-refractivity contribution in [2.45, 2.75) is 51.2 Å². The summed E-state index contributed by atoms with van der Waals surface area (Å²) in [5.74, 6) is 0.228. The molecule has 2 radical (unpaired) electrons. The predicted molar refractivity (Wildman–Crippen MR) is 110 cm³/mol. The number of nitrogens with one attached hydrogen (secondary N) is 2. The molecule has 2 amide bonds. The number of rotatable bonds is 6. The van der Waals surface area contributed by atoms with Gasteiger partial charge in [0.05, 0.1) is 19.5 Å². The molecule has 3 rings (SSSR count). The van der Waals surface area contributed by atoms with Crippen molar-refractivity contribution in [1.82, 2.24) is 24.8 Å². The summed E-state index contributed by atoms with van der Waals surface area (Å²) in [4.78, 5) is 34.4. The van der Waals surface area contributed by atoms with Gasteiger partial charge in [-0.1, -0.05) is 0 Å². The molecule has 1 aliphatic rings. The van der Waals surface area contributed by atoms with E-state index in [9.17, 15) is 14.8 Å². The van der Waals surface area contributed by atoms with Crippen LogP contribution in [-0.2, 0) is 13.8 Å². The molecule has 4 atom stereocenters. The quantitative estimate of drug-likeness (QED) is 0.380. The SMILES string of the molecule is [B][P+](O)(OC)OC[C@@H]1C[C@H](O)[C@H](n2cnc3c(NC(=O)NC(C)(C)C)ncnc32)O1. The molecule has 1 aliphatic heterocycles. The van der Waals surface area contributed by atoms with Crippen LogP contribution >= 0.6 is 7.82 Å². The first-order valence-electron chi connectivity index (χ1n) is 9.20. The van der Waals surface area contributed by atoms with Gasteiger partial charge in [0.25, 0.3) is 0 Å². The highest BCUT2D eigenvalue weighted by Crippen LogP contribution is 2.51. The third-order valence-electron chi connectivity index (χ3n) is 4.23. The van der Waals surface area contributed by atoms with Crippen LogP contribution in [0.3, 0.4) is 0 Å². The van der Waals surface area contributed by atoms with E-state index in [1.807, 2.05) is 20.8 Å². The molecule has 1 fully saturated rings. The molecular weight excluding hydrogens is 414 g/mol. The second kappa shape index (κ2) is 8.70. The fourth-order valence-corrected chi connectivity index (χ4v) is 3.42. The van der Waals surface area contributed by atoms with Gasteiger partial charge in [-0.2, -0.15) is 9.05 Å². The van der Waals surface area contributed by atoms with E-state index in [1.165, 1.54) is 19.8 Å². The Hall–Kier alpha value is -1.89. The van der Waals surface area contributed by atoms with Gasteiger partial charge in [-0.15, -0.1) is 0 Å². The number of imidazole rings is 1. The first-order valence-corrected chi connectivity index (χ1v) is 10.8. The van der Waals surface area contributed by atoms with Gasteiger partial charge in [0.1, 0.15) is 19.0 Å². The fraction of sp³-hybridized carbons (Fsp3) is 0.625. The van der Waals surface area contributed by atoms with Crippen molar-refractivity contribution in [3.63, 3.8) is 0 Å². The van der Waals surface area contributed by atoms with Crippen LogP contribution in [0.25, 0.3) is 11.2 Å². The van der Waals surface area contributed by atoms with Crippen molar-refractivity contribution in [3.05, 3.63) is 12.7 Å². The number of fused-ring (bicyclic) bond motifs is 1. The lowest BCUT2D eigenvalue weighted by Gasteiger charge is -2.20. The van der Waals surface area contributed by atoms with Crippen LogP contribution in [0.15, 0.2) is 12.7 Å². The van der Waals surface area contributed by atoms with Crippen LogP contribution in [0.1, 0.15) is 33.4 Å². The number of nitrogens with zero attached hydrogens (tertiary/aromatic N) is 4. The minimum atomic E-state index is -3.40. The Morgan fingerprint density at radius 1 is 1.43 bits per heavy atom. The van der Waals surface area contributed by atoms with Crippen molar-refractivity contribution >= 4 is 38.4 Å². The number of hydrogen-bond acceptors (Lipinski definition) is 9. The number of carbonyl (C=O) groups excluding carboxylic acids is 1. The van der Waals surface area contributed by atoms with Crippen LogP contribution in [0, 0.1) is 0 Å². The predicted octanol–water partition coefficient (Wildman–Crippen LogP) is 0.896. The largest absolute Gasteiger partial charge is 0.488 e. The number of aliphatic hydroxyl groups is 1. The van der Waals surface area contributed by atoms with E-state index < -0.39 is 37.8 Å². The number of hydrogen-bond donors (Lipinski definition) is 4. The summed E-state index contributed by atoms with van der Waals surface area (Å²) in [5.41, 5.74) is 0.301. The average molecular weight is 439 g/mol. The topological polar surface area (TPSA) is 153 Å². The van der Waals surface area contributed by atoms with Gasteiger partial charge in [0.2, 0.25) is 0 Å². The third-order valence-corrected chi connectivity index (χ3v) is 5.27. The Morgan fingerprint density at radius 3 is 2.83 bits per heavy atom. The summed E-state index contributed by atoms with van der Waals surface area (Å²) in [5, 5.41) is 15.9. The molecule has 3 heterocycles. The molecular formula is C16H25BN6O6P+. The minimum absolute atomic E-state index is 0.0520. The van der Waals surface area contributed by atoms with E-state index >= 15 is 0 Å². The highest BCUT2D eigenvalue weighted by Gasteiger charge is 2.40. The summed E-state index contributed by atoms with van der Waals surface area (Å²) in [6.45, 7) is 5.52. The molecule has 0 saturated carbocycles. The second-order valence-electron chi connectivity index (χ2n) is 7.87. The van der Waals surface area contributed by atoms with Crippen LogP contribution in [0.5, 0.6) is 0 Å². The molecule has 0 aromatic carbocycles. The summed E-state index contributed by atoms with van der Waals surface area (Å²) >= 11 is 0. The highest BCUT2D eigenvalue weighted by molar-refractivity contribution is 7.85. The van der Waals surface area contributed by atoms with E-state index in [0.29, 0.717) is 11.2 Å². The van der Waals surface area contributed by atoms with E-state index in [0.717, 1.165) is 0 Å². The number of aromatic nitrogens is 4. The Kier molecular flexibility index (Phi) is 6.61. The van der Waals surface area contributed by atoms with Crippen LogP contribution < -0.4 is 10.6 Å². The fourth-order valence-electron chi connectivity index (χ4n) is 2.94. The third kappa shape index (κ3) is 5.42. The maximum absolute atomic E-state index is 12.2. The van der Waals surface area contributed by atoms with E-state index in [-0.39, 0.29) is 18.8 Å². The Labute approximate surface area is 175 Å². The number of amides is 2. The van der Waals surface area contributed by atoms with E-state index in [4.69, 9.17) is 16.8 Å². The molecule has 14 heteroatoms. The van der Waals surface area contributed by atoms with Crippen molar-refractivity contribution in [2.75, 3.05) is 19.0 Å². The molecule has 1 saturated heterocycles. The Balaban J connectivity index is 1.75. The second-order valence-corrected chi connectivity index (χ2v) is 9.62. The van der Waals surface area contributed by atoms with Gasteiger partial charge >= 0.3 is 21.4 Å². The number of aliphatic hydroxyl groups excluding tert-OH is 1. The summed E-state index contributed by atoms with van der Waals surface area (Å²) in [6.07, 6.45) is 0.792. The molecule has 30 heavy (non-hydrogen) atoms.